The van der Waals surface area contributed by atoms with Crippen LogP contribution in [0.25, 0.3) is 0 Å². The van der Waals surface area contributed by atoms with E-state index in [1.165, 1.54) is 5.56 Å². The van der Waals surface area contributed by atoms with Gasteiger partial charge in [-0.05, 0) is 41.7 Å². The van der Waals surface area contributed by atoms with Crippen molar-refractivity contribution < 1.29 is 14.3 Å². The summed E-state index contributed by atoms with van der Waals surface area (Å²) in [6.07, 6.45) is -0.241. The van der Waals surface area contributed by atoms with Crippen molar-refractivity contribution in [2.45, 2.75) is 45.6 Å². The molecule has 0 radical (unpaired) electrons. The summed E-state index contributed by atoms with van der Waals surface area (Å²) in [6.45, 7) is 8.27. The van der Waals surface area contributed by atoms with E-state index in [2.05, 4.69) is 26.1 Å². The average molecular weight is 450 g/mol. The number of halogens is 1. The Morgan fingerprint density at radius 1 is 0.938 bits per heavy atom. The second kappa shape index (κ2) is 10.0. The molecule has 0 aromatic heterocycles. The molecule has 4 nitrogen and oxygen atoms in total. The van der Waals surface area contributed by atoms with E-state index in [9.17, 15) is 9.59 Å². The third kappa shape index (κ3) is 5.77. The number of amides is 1. The van der Waals surface area contributed by atoms with Crippen LogP contribution in [0.5, 0.6) is 5.75 Å². The predicted molar refractivity (Wildman–Crippen MR) is 130 cm³/mol. The molecule has 1 unspecified atom stereocenters. The van der Waals surface area contributed by atoms with Gasteiger partial charge in [-0.1, -0.05) is 87.8 Å². The Hall–Kier alpha value is -3.11. The lowest BCUT2D eigenvalue weighted by atomic mass is 9.86. The minimum Gasteiger partial charge on any atom is -0.479 e. The summed E-state index contributed by atoms with van der Waals surface area (Å²) in [5, 5.41) is 3.30. The smallest absolute Gasteiger partial charge is 0.265 e. The number of carbonyl (C=O) groups excluding carboxylic acids is 2. The van der Waals surface area contributed by atoms with Crippen molar-refractivity contribution >= 4 is 29.0 Å². The Kier molecular flexibility index (Phi) is 7.37. The molecule has 1 N–H and O–H groups in total. The Labute approximate surface area is 194 Å². The Morgan fingerprint density at radius 2 is 1.62 bits per heavy atom. The van der Waals surface area contributed by atoms with Gasteiger partial charge in [-0.2, -0.15) is 0 Å². The predicted octanol–water partition coefficient (Wildman–Crippen LogP) is 6.66. The zero-order valence-corrected chi connectivity index (χ0v) is 19.6. The monoisotopic (exact) mass is 449 g/mol. The second-order valence-electron chi connectivity index (χ2n) is 8.67. The quantitative estimate of drug-likeness (QED) is 0.410. The lowest BCUT2D eigenvalue weighted by Gasteiger charge is -2.19. The van der Waals surface area contributed by atoms with Crippen LogP contribution in [0.4, 0.5) is 5.69 Å². The van der Waals surface area contributed by atoms with E-state index in [0.29, 0.717) is 34.0 Å². The van der Waals surface area contributed by atoms with Gasteiger partial charge >= 0.3 is 0 Å². The average Bonchev–Trinajstić information content (AvgIpc) is 2.77. The molecule has 0 fully saturated rings. The number of anilines is 1. The largest absolute Gasteiger partial charge is 0.479 e. The van der Waals surface area contributed by atoms with Crippen LogP contribution >= 0.6 is 11.6 Å². The molecule has 0 bridgehead atoms. The second-order valence-corrected chi connectivity index (χ2v) is 9.08. The number of nitrogens with one attached hydrogen (secondary N) is 1. The van der Waals surface area contributed by atoms with Crippen molar-refractivity contribution in [3.63, 3.8) is 0 Å². The Morgan fingerprint density at radius 3 is 2.25 bits per heavy atom. The Balaban J connectivity index is 1.73. The van der Waals surface area contributed by atoms with Crippen LogP contribution in [0.1, 0.15) is 55.6 Å². The van der Waals surface area contributed by atoms with Gasteiger partial charge in [0.25, 0.3) is 5.91 Å². The number of hydrogen-bond acceptors (Lipinski definition) is 3. The molecule has 0 spiro atoms. The first-order valence-corrected chi connectivity index (χ1v) is 11.0. The molecule has 3 rings (SSSR count). The Bertz CT molecular complexity index is 1100. The molecular formula is C27H28ClNO3. The molecule has 0 aliphatic rings. The summed E-state index contributed by atoms with van der Waals surface area (Å²) >= 11 is 6.14. The fraction of sp³-hybridized carbons (Fsp3) is 0.259. The van der Waals surface area contributed by atoms with E-state index in [0.717, 1.165) is 0 Å². The summed E-state index contributed by atoms with van der Waals surface area (Å²) in [4.78, 5) is 25.7. The molecule has 0 aliphatic carbocycles. The summed E-state index contributed by atoms with van der Waals surface area (Å²) < 4.78 is 5.80. The van der Waals surface area contributed by atoms with E-state index >= 15 is 0 Å². The van der Waals surface area contributed by atoms with E-state index in [4.69, 9.17) is 16.3 Å². The zero-order chi connectivity index (χ0) is 23.3. The normalized spacial score (nSPS) is 12.2. The molecule has 1 atom stereocenters. The fourth-order valence-corrected chi connectivity index (χ4v) is 3.45. The summed E-state index contributed by atoms with van der Waals surface area (Å²) in [7, 11) is 0. The molecule has 5 heteroatoms. The first-order chi connectivity index (χ1) is 15.2. The highest BCUT2D eigenvalue weighted by Crippen LogP contribution is 2.26. The van der Waals surface area contributed by atoms with Crippen LogP contribution in [-0.4, -0.2) is 17.8 Å². The number of hydrogen-bond donors (Lipinski definition) is 1. The first kappa shape index (κ1) is 23.6. The van der Waals surface area contributed by atoms with Gasteiger partial charge in [0.15, 0.2) is 11.9 Å². The lowest BCUT2D eigenvalue weighted by Crippen LogP contribution is -2.32. The van der Waals surface area contributed by atoms with Crippen LogP contribution in [0, 0.1) is 0 Å². The number of carbonyl (C=O) groups is 2. The summed E-state index contributed by atoms with van der Waals surface area (Å²) in [5.74, 6) is 0.0614. The topological polar surface area (TPSA) is 55.4 Å². The number of ketones is 1. The summed E-state index contributed by atoms with van der Waals surface area (Å²) in [5.41, 5.74) is 2.84. The van der Waals surface area contributed by atoms with E-state index in [1.54, 1.807) is 48.5 Å². The van der Waals surface area contributed by atoms with Gasteiger partial charge in [0.2, 0.25) is 0 Å². The maximum atomic E-state index is 13.0. The van der Waals surface area contributed by atoms with Crippen molar-refractivity contribution in [1.29, 1.82) is 0 Å². The third-order valence-corrected chi connectivity index (χ3v) is 5.49. The molecule has 0 aliphatic heterocycles. The maximum absolute atomic E-state index is 13.0. The van der Waals surface area contributed by atoms with Gasteiger partial charge in [0.1, 0.15) is 5.75 Å². The standard InChI is InChI=1S/C27H28ClNO3/c1-5-23(32-24-12-7-6-11-22(24)28)26(31)29-21-10-8-9-19(17-21)25(30)18-13-15-20(16-14-18)27(2,3)4/h6-17,23H,5H2,1-4H3,(H,29,31). The van der Waals surface area contributed by atoms with Crippen LogP contribution in [-0.2, 0) is 10.2 Å². The number of para-hydroxylation sites is 1. The van der Waals surface area contributed by atoms with Gasteiger partial charge in [0, 0.05) is 16.8 Å². The molecule has 32 heavy (non-hydrogen) atoms. The van der Waals surface area contributed by atoms with Gasteiger partial charge in [-0.25, -0.2) is 0 Å². The molecule has 3 aromatic rings. The molecule has 3 aromatic carbocycles. The van der Waals surface area contributed by atoms with Crippen LogP contribution in [0.3, 0.4) is 0 Å². The van der Waals surface area contributed by atoms with Crippen molar-refractivity contribution in [3.8, 4) is 5.75 Å². The highest BCUT2D eigenvalue weighted by Gasteiger charge is 2.20. The molecular weight excluding hydrogens is 422 g/mol. The van der Waals surface area contributed by atoms with Gasteiger partial charge < -0.3 is 10.1 Å². The van der Waals surface area contributed by atoms with Crippen molar-refractivity contribution in [2.24, 2.45) is 0 Å². The third-order valence-electron chi connectivity index (χ3n) is 5.17. The maximum Gasteiger partial charge on any atom is 0.265 e. The zero-order valence-electron chi connectivity index (χ0n) is 18.8. The molecule has 1 amide bonds. The minimum atomic E-state index is -0.709. The highest BCUT2D eigenvalue weighted by atomic mass is 35.5. The molecule has 0 heterocycles. The fourth-order valence-electron chi connectivity index (χ4n) is 3.27. The number of benzene rings is 3. The van der Waals surface area contributed by atoms with E-state index < -0.39 is 6.10 Å². The van der Waals surface area contributed by atoms with Crippen molar-refractivity contribution in [1.82, 2.24) is 0 Å². The van der Waals surface area contributed by atoms with Crippen molar-refractivity contribution in [2.75, 3.05) is 5.32 Å². The SMILES string of the molecule is CCC(Oc1ccccc1Cl)C(=O)Nc1cccc(C(=O)c2ccc(C(C)(C)C)cc2)c1. The first-order valence-electron chi connectivity index (χ1n) is 10.7. The number of rotatable bonds is 7. The lowest BCUT2D eigenvalue weighted by molar-refractivity contribution is -0.122. The van der Waals surface area contributed by atoms with Gasteiger partial charge in [-0.15, -0.1) is 0 Å². The van der Waals surface area contributed by atoms with Crippen molar-refractivity contribution in [3.05, 3.63) is 94.5 Å². The molecule has 0 saturated heterocycles. The molecule has 0 saturated carbocycles. The number of ether oxygens (including phenoxy) is 1. The molecule has 166 valence electrons. The van der Waals surface area contributed by atoms with Gasteiger partial charge in [0.05, 0.1) is 5.02 Å². The van der Waals surface area contributed by atoms with Crippen LogP contribution in [0.2, 0.25) is 5.02 Å². The van der Waals surface area contributed by atoms with E-state index in [-0.39, 0.29) is 17.1 Å². The van der Waals surface area contributed by atoms with E-state index in [1.807, 2.05) is 31.2 Å². The minimum absolute atomic E-state index is 0.0215. The van der Waals surface area contributed by atoms with Crippen LogP contribution in [0.15, 0.2) is 72.8 Å². The van der Waals surface area contributed by atoms with Gasteiger partial charge in [-0.3, -0.25) is 9.59 Å². The van der Waals surface area contributed by atoms with Crippen LogP contribution < -0.4 is 10.1 Å². The highest BCUT2D eigenvalue weighted by molar-refractivity contribution is 6.32. The summed E-state index contributed by atoms with van der Waals surface area (Å²) in [6, 6.07) is 21.6.